The normalized spacial score (nSPS) is 17.4. The Bertz CT molecular complexity index is 1490. The maximum absolute atomic E-state index is 13.0. The van der Waals surface area contributed by atoms with Crippen LogP contribution in [0.1, 0.15) is 44.2 Å². The Labute approximate surface area is 242 Å². The molecule has 0 aromatic carbocycles. The lowest BCUT2D eigenvalue weighted by atomic mass is 9.91. The Morgan fingerprint density at radius 1 is 1.02 bits per heavy atom. The number of hydrogen-bond donors (Lipinski definition) is 7. The first-order valence-corrected chi connectivity index (χ1v) is 13.1. The molecule has 2 aromatic heterocycles. The standard InChI is InChI=1S/C25H30N8O10/c26-25-31-20-19(23(41)32-25)28-13(9-27-20)10-33(11-34)14-3-1-12(2-4-14)21(39)29-15(5-7-17(35)36)22(40)30-16(24(42)43)6-8-18(37)38/h1,3,9,11-12,14-16H,2,4-8,10H2,(H,29,39)(H,30,40)(H,35,36)(H,37,38)(H,42,43)(H3,26,27,31,32,41)/t12?,14?,15-,16-/m0/s1. The zero-order valence-corrected chi connectivity index (χ0v) is 22.6. The van der Waals surface area contributed by atoms with E-state index in [9.17, 15) is 38.7 Å². The van der Waals surface area contributed by atoms with Gasteiger partial charge in [-0.25, -0.2) is 14.8 Å². The number of aliphatic carboxylic acids is 3. The third-order valence-electron chi connectivity index (χ3n) is 6.61. The number of H-pyrrole nitrogens is 1. The van der Waals surface area contributed by atoms with Gasteiger partial charge in [0.1, 0.15) is 12.1 Å². The number of rotatable bonds is 15. The van der Waals surface area contributed by atoms with E-state index in [-0.39, 0.29) is 36.5 Å². The van der Waals surface area contributed by atoms with Crippen molar-refractivity contribution in [3.05, 3.63) is 34.4 Å². The summed E-state index contributed by atoms with van der Waals surface area (Å²) >= 11 is 0. The van der Waals surface area contributed by atoms with Crippen LogP contribution in [0.25, 0.3) is 11.2 Å². The van der Waals surface area contributed by atoms with Crippen LogP contribution in [0.15, 0.2) is 23.1 Å². The van der Waals surface area contributed by atoms with E-state index in [4.69, 9.17) is 15.9 Å². The molecule has 0 saturated heterocycles. The number of anilines is 1. The molecule has 0 fully saturated rings. The molecule has 3 rings (SSSR count). The van der Waals surface area contributed by atoms with Gasteiger partial charge in [0.25, 0.3) is 5.56 Å². The van der Waals surface area contributed by atoms with Crippen LogP contribution in [0.5, 0.6) is 0 Å². The van der Waals surface area contributed by atoms with Crippen LogP contribution < -0.4 is 21.9 Å². The summed E-state index contributed by atoms with van der Waals surface area (Å²) in [5.74, 6) is -6.45. The Kier molecular flexibility index (Phi) is 10.8. The van der Waals surface area contributed by atoms with Crippen LogP contribution in [-0.4, -0.2) is 94.4 Å². The van der Waals surface area contributed by atoms with Crippen molar-refractivity contribution in [2.45, 2.75) is 63.2 Å². The van der Waals surface area contributed by atoms with Crippen LogP contribution in [0.2, 0.25) is 0 Å². The number of aromatic amines is 1. The number of carboxylic acid groups (broad SMARTS) is 3. The summed E-state index contributed by atoms with van der Waals surface area (Å²) < 4.78 is 0. The van der Waals surface area contributed by atoms with Gasteiger partial charge in [0, 0.05) is 12.8 Å². The van der Waals surface area contributed by atoms with E-state index >= 15 is 0 Å². The quantitative estimate of drug-likeness (QED) is 0.0890. The fraction of sp³-hybridized carbons (Fsp3) is 0.440. The van der Waals surface area contributed by atoms with Crippen molar-refractivity contribution in [3.63, 3.8) is 0 Å². The zero-order chi connectivity index (χ0) is 31.7. The van der Waals surface area contributed by atoms with Gasteiger partial charge in [-0.2, -0.15) is 4.98 Å². The molecule has 18 nitrogen and oxygen atoms in total. The number of nitrogens with one attached hydrogen (secondary N) is 3. The molecule has 3 amide bonds. The summed E-state index contributed by atoms with van der Waals surface area (Å²) in [4.78, 5) is 99.0. The third kappa shape index (κ3) is 9.03. The van der Waals surface area contributed by atoms with Crippen LogP contribution in [0.4, 0.5) is 5.95 Å². The second-order valence-electron chi connectivity index (χ2n) is 9.72. The van der Waals surface area contributed by atoms with E-state index in [1.807, 2.05) is 0 Å². The molecule has 0 saturated carbocycles. The average molecular weight is 603 g/mol. The van der Waals surface area contributed by atoms with Gasteiger partial charge >= 0.3 is 17.9 Å². The number of aromatic nitrogens is 4. The van der Waals surface area contributed by atoms with Gasteiger partial charge in [-0.15, -0.1) is 0 Å². The molecule has 18 heteroatoms. The summed E-state index contributed by atoms with van der Waals surface area (Å²) in [7, 11) is 0. The monoisotopic (exact) mass is 602 g/mol. The fourth-order valence-corrected chi connectivity index (χ4v) is 4.38. The lowest BCUT2D eigenvalue weighted by Crippen LogP contribution is -2.53. The minimum absolute atomic E-state index is 0.00776. The van der Waals surface area contributed by atoms with E-state index in [1.54, 1.807) is 6.08 Å². The number of nitrogens with zero attached hydrogens (tertiary/aromatic N) is 4. The number of hydrogen-bond acceptors (Lipinski definition) is 11. The first-order chi connectivity index (χ1) is 20.4. The van der Waals surface area contributed by atoms with Gasteiger partial charge in [-0.3, -0.25) is 33.8 Å². The van der Waals surface area contributed by atoms with Crippen molar-refractivity contribution in [3.8, 4) is 0 Å². The molecular weight excluding hydrogens is 572 g/mol. The van der Waals surface area contributed by atoms with Gasteiger partial charge in [0.05, 0.1) is 30.4 Å². The molecule has 2 heterocycles. The van der Waals surface area contributed by atoms with E-state index in [2.05, 4.69) is 30.6 Å². The molecule has 0 spiro atoms. The molecule has 1 aliphatic rings. The third-order valence-corrected chi connectivity index (χ3v) is 6.61. The number of nitrogens with two attached hydrogens (primary N) is 1. The van der Waals surface area contributed by atoms with Crippen LogP contribution >= 0.6 is 0 Å². The van der Waals surface area contributed by atoms with Crippen molar-refractivity contribution in [2.75, 3.05) is 5.73 Å². The molecule has 2 aromatic rings. The summed E-state index contributed by atoms with van der Waals surface area (Å²) in [5.41, 5.74) is 5.22. The first-order valence-electron chi connectivity index (χ1n) is 13.1. The largest absolute Gasteiger partial charge is 0.481 e. The second kappa shape index (κ2) is 14.5. The summed E-state index contributed by atoms with van der Waals surface area (Å²) in [6.07, 6.45) is 3.86. The first kappa shape index (κ1) is 32.1. The summed E-state index contributed by atoms with van der Waals surface area (Å²) in [5, 5.41) is 31.8. The highest BCUT2D eigenvalue weighted by Crippen LogP contribution is 2.23. The molecule has 4 atom stereocenters. The number of carbonyl (C=O) groups is 6. The van der Waals surface area contributed by atoms with E-state index in [1.165, 1.54) is 17.2 Å². The van der Waals surface area contributed by atoms with Crippen LogP contribution in [0.3, 0.4) is 0 Å². The van der Waals surface area contributed by atoms with Crippen molar-refractivity contribution < 1.29 is 44.1 Å². The maximum atomic E-state index is 13.0. The van der Waals surface area contributed by atoms with Gasteiger partial charge < -0.3 is 36.6 Å². The Morgan fingerprint density at radius 2 is 1.70 bits per heavy atom. The number of amides is 3. The maximum Gasteiger partial charge on any atom is 0.326 e. The fourth-order valence-electron chi connectivity index (χ4n) is 4.38. The average Bonchev–Trinajstić information content (AvgIpc) is 2.95. The number of carboxylic acids is 3. The molecule has 0 radical (unpaired) electrons. The minimum atomic E-state index is -1.56. The van der Waals surface area contributed by atoms with Crippen LogP contribution in [0, 0.1) is 5.92 Å². The molecule has 43 heavy (non-hydrogen) atoms. The smallest absolute Gasteiger partial charge is 0.326 e. The molecule has 1 aliphatic carbocycles. The highest BCUT2D eigenvalue weighted by atomic mass is 16.4. The lowest BCUT2D eigenvalue weighted by Gasteiger charge is -2.30. The Morgan fingerprint density at radius 3 is 2.28 bits per heavy atom. The number of carbonyl (C=O) groups excluding carboxylic acids is 3. The van der Waals surface area contributed by atoms with E-state index in [0.29, 0.717) is 18.5 Å². The molecular formula is C25H30N8O10. The van der Waals surface area contributed by atoms with Crippen molar-refractivity contribution in [2.24, 2.45) is 5.92 Å². The predicted octanol–water partition coefficient (Wildman–Crippen LogP) is -1.63. The Balaban J connectivity index is 1.66. The number of fused-ring (bicyclic) bond motifs is 1. The Hall–Kier alpha value is -5.42. The SMILES string of the molecule is Nc1nc2ncc(CN(C=O)C3C=CC(C(=O)N[C@@H](CCC(=O)O)C(=O)N[C@@H](CCC(=O)O)C(=O)O)CC3)nc2c(=O)[nH]1. The summed E-state index contributed by atoms with van der Waals surface area (Å²) in [6.45, 7) is -0.00776. The molecule has 8 N–H and O–H groups in total. The second-order valence-corrected chi connectivity index (χ2v) is 9.72. The van der Waals surface area contributed by atoms with E-state index in [0.717, 1.165) is 0 Å². The van der Waals surface area contributed by atoms with Gasteiger partial charge in [-0.05, 0) is 25.7 Å². The topological polar surface area (TPSA) is 288 Å². The molecule has 2 unspecified atom stereocenters. The van der Waals surface area contributed by atoms with Crippen LogP contribution in [-0.2, 0) is 35.3 Å². The van der Waals surface area contributed by atoms with Gasteiger partial charge in [-0.1, -0.05) is 12.2 Å². The lowest BCUT2D eigenvalue weighted by molar-refractivity contribution is -0.144. The van der Waals surface area contributed by atoms with Crippen molar-refractivity contribution in [1.29, 1.82) is 0 Å². The molecule has 0 aliphatic heterocycles. The van der Waals surface area contributed by atoms with Crippen molar-refractivity contribution >= 4 is 53.2 Å². The summed E-state index contributed by atoms with van der Waals surface area (Å²) in [6, 6.07) is -3.40. The van der Waals surface area contributed by atoms with E-state index < -0.39 is 78.6 Å². The highest BCUT2D eigenvalue weighted by molar-refractivity contribution is 5.91. The molecule has 230 valence electrons. The predicted molar refractivity (Wildman–Crippen MR) is 145 cm³/mol. The zero-order valence-electron chi connectivity index (χ0n) is 22.6. The van der Waals surface area contributed by atoms with Gasteiger partial charge in [0.15, 0.2) is 11.2 Å². The molecule has 0 bridgehead atoms. The van der Waals surface area contributed by atoms with Gasteiger partial charge in [0.2, 0.25) is 24.2 Å². The minimum Gasteiger partial charge on any atom is -0.481 e. The highest BCUT2D eigenvalue weighted by Gasteiger charge is 2.31. The number of nitrogen functional groups attached to an aromatic ring is 1. The van der Waals surface area contributed by atoms with Crippen molar-refractivity contribution in [1.82, 2.24) is 35.5 Å².